The van der Waals surface area contributed by atoms with Gasteiger partial charge in [0.15, 0.2) is 0 Å². The Balaban J connectivity index is 4.43. The van der Waals surface area contributed by atoms with Crippen LogP contribution in [-0.4, -0.2) is 17.5 Å². The van der Waals surface area contributed by atoms with Gasteiger partial charge in [-0.05, 0) is 20.8 Å². The van der Waals surface area contributed by atoms with Crippen LogP contribution in [0.3, 0.4) is 0 Å². The third-order valence-electron chi connectivity index (χ3n) is 1.04. The summed E-state index contributed by atoms with van der Waals surface area (Å²) in [5, 5.41) is 2.35. The Kier molecular flexibility index (Phi) is 4.83. The lowest BCUT2D eigenvalue weighted by Crippen LogP contribution is -2.31. The lowest BCUT2D eigenvalue weighted by molar-refractivity contribution is -0.151. The van der Waals surface area contributed by atoms with E-state index in [4.69, 9.17) is 4.74 Å². The minimum Gasteiger partial charge on any atom is -0.455 e. The maximum atomic E-state index is 11.4. The molecule has 0 heterocycles. The fourth-order valence-corrected chi connectivity index (χ4v) is 0.947. The molecule has 0 radical (unpaired) electrons. The van der Waals surface area contributed by atoms with Crippen LogP contribution in [0.2, 0.25) is 0 Å². The summed E-state index contributed by atoms with van der Waals surface area (Å²) in [6, 6.07) is 0. The summed E-state index contributed by atoms with van der Waals surface area (Å²) in [7, 11) is 0. The summed E-state index contributed by atoms with van der Waals surface area (Å²) in [6.45, 7) is 6.58. The number of esters is 1. The van der Waals surface area contributed by atoms with Gasteiger partial charge in [0.25, 0.3) is 0 Å². The molecule has 14 heavy (non-hydrogen) atoms. The molecular formula is C9H14BrNO3. The van der Waals surface area contributed by atoms with Gasteiger partial charge in [-0.2, -0.15) is 0 Å². The molecule has 0 unspecified atom stereocenters. The van der Waals surface area contributed by atoms with Crippen molar-refractivity contribution in [2.75, 3.05) is 0 Å². The normalized spacial score (nSPS) is 12.2. The summed E-state index contributed by atoms with van der Waals surface area (Å²) in [5.74, 6) is -0.883. The van der Waals surface area contributed by atoms with Crippen LogP contribution in [0, 0.1) is 0 Å². The van der Waals surface area contributed by atoms with Gasteiger partial charge in [0.05, 0.1) is 0 Å². The van der Waals surface area contributed by atoms with Crippen molar-refractivity contribution >= 4 is 27.8 Å². The maximum absolute atomic E-state index is 11.4. The molecule has 0 fully saturated rings. The van der Waals surface area contributed by atoms with Gasteiger partial charge in [-0.3, -0.25) is 4.79 Å². The highest BCUT2D eigenvalue weighted by Gasteiger charge is 2.20. The minimum absolute atomic E-state index is 0.0902. The summed E-state index contributed by atoms with van der Waals surface area (Å²) >= 11 is 2.97. The first-order chi connectivity index (χ1) is 6.26. The number of amides is 1. The molecule has 80 valence electrons. The molecular weight excluding hydrogens is 250 g/mol. The smallest absolute Gasteiger partial charge is 0.355 e. The van der Waals surface area contributed by atoms with Crippen LogP contribution in [0.4, 0.5) is 0 Å². The fourth-order valence-electron chi connectivity index (χ4n) is 0.646. The average Bonchev–Trinajstić information content (AvgIpc) is 1.96. The second-order valence-corrected chi connectivity index (χ2v) is 4.16. The van der Waals surface area contributed by atoms with E-state index in [-0.39, 0.29) is 11.6 Å². The van der Waals surface area contributed by atoms with Gasteiger partial charge in [-0.15, -0.1) is 0 Å². The van der Waals surface area contributed by atoms with Gasteiger partial charge < -0.3 is 10.1 Å². The van der Waals surface area contributed by atoms with E-state index in [1.165, 1.54) is 11.9 Å². The molecule has 0 bridgehead atoms. The Labute approximate surface area is 91.8 Å². The Morgan fingerprint density at radius 1 is 1.36 bits per heavy atom. The monoisotopic (exact) mass is 263 g/mol. The summed E-state index contributed by atoms with van der Waals surface area (Å²) in [6.07, 6.45) is 0. The number of hydrogen-bond acceptors (Lipinski definition) is 3. The molecule has 0 saturated heterocycles. The molecule has 0 aliphatic carbocycles. The van der Waals surface area contributed by atoms with Gasteiger partial charge in [0.2, 0.25) is 5.91 Å². The van der Waals surface area contributed by atoms with E-state index >= 15 is 0 Å². The summed E-state index contributed by atoms with van der Waals surface area (Å²) in [5.41, 5.74) is -0.482. The molecule has 0 aliphatic heterocycles. The standard InChI is InChI=1S/C9H14BrNO3/c1-6(12)11-7(5-10)8(13)14-9(2,3)4/h5H,1-4H3,(H,11,12)/b7-5+. The first-order valence-corrected chi connectivity index (χ1v) is 4.99. The SMILES string of the molecule is CC(=O)N/C(=C/Br)C(=O)OC(C)(C)C. The van der Waals surface area contributed by atoms with Crippen LogP contribution in [0.15, 0.2) is 10.7 Å². The highest BCUT2D eigenvalue weighted by Crippen LogP contribution is 2.10. The number of carbonyl (C=O) groups excluding carboxylic acids is 2. The van der Waals surface area contributed by atoms with Gasteiger partial charge >= 0.3 is 5.97 Å². The number of hydrogen-bond donors (Lipinski definition) is 1. The Morgan fingerprint density at radius 2 is 1.86 bits per heavy atom. The van der Waals surface area contributed by atoms with Crippen molar-refractivity contribution in [3.05, 3.63) is 10.7 Å². The lowest BCUT2D eigenvalue weighted by Gasteiger charge is -2.20. The predicted octanol–water partition coefficient (Wildman–Crippen LogP) is 1.70. The van der Waals surface area contributed by atoms with Crippen molar-refractivity contribution < 1.29 is 14.3 Å². The second kappa shape index (κ2) is 5.14. The van der Waals surface area contributed by atoms with Gasteiger partial charge in [0, 0.05) is 11.9 Å². The van der Waals surface area contributed by atoms with E-state index < -0.39 is 11.6 Å². The van der Waals surface area contributed by atoms with Crippen LogP contribution in [-0.2, 0) is 14.3 Å². The first kappa shape index (κ1) is 13.2. The van der Waals surface area contributed by atoms with E-state index in [0.717, 1.165) is 0 Å². The zero-order valence-electron chi connectivity index (χ0n) is 8.68. The predicted molar refractivity (Wildman–Crippen MR) is 56.7 cm³/mol. The van der Waals surface area contributed by atoms with Gasteiger partial charge in [-0.1, -0.05) is 15.9 Å². The number of carbonyl (C=O) groups is 2. The van der Waals surface area contributed by atoms with Crippen molar-refractivity contribution in [1.29, 1.82) is 0 Å². The zero-order chi connectivity index (χ0) is 11.4. The number of nitrogens with one attached hydrogen (secondary N) is 1. The molecule has 5 heteroatoms. The Bertz CT molecular complexity index is 266. The molecule has 0 aromatic rings. The van der Waals surface area contributed by atoms with E-state index in [1.54, 1.807) is 20.8 Å². The van der Waals surface area contributed by atoms with Crippen molar-refractivity contribution in [1.82, 2.24) is 5.32 Å². The second-order valence-electron chi connectivity index (χ2n) is 3.71. The molecule has 4 nitrogen and oxygen atoms in total. The van der Waals surface area contributed by atoms with Crippen molar-refractivity contribution in [2.24, 2.45) is 0 Å². The molecule has 1 N–H and O–H groups in total. The summed E-state index contributed by atoms with van der Waals surface area (Å²) < 4.78 is 5.04. The lowest BCUT2D eigenvalue weighted by atomic mass is 10.2. The largest absolute Gasteiger partial charge is 0.455 e. The van der Waals surface area contributed by atoms with E-state index in [9.17, 15) is 9.59 Å². The minimum atomic E-state index is -0.573. The third kappa shape index (κ3) is 5.75. The van der Waals surface area contributed by atoms with Crippen molar-refractivity contribution in [2.45, 2.75) is 33.3 Å². The van der Waals surface area contributed by atoms with E-state index in [1.807, 2.05) is 0 Å². The molecule has 0 aromatic carbocycles. The first-order valence-electron chi connectivity index (χ1n) is 4.07. The highest BCUT2D eigenvalue weighted by atomic mass is 79.9. The maximum Gasteiger partial charge on any atom is 0.355 e. The number of ether oxygens (including phenoxy) is 1. The van der Waals surface area contributed by atoms with E-state index in [2.05, 4.69) is 21.2 Å². The van der Waals surface area contributed by atoms with Crippen LogP contribution < -0.4 is 5.32 Å². The molecule has 0 saturated carbocycles. The van der Waals surface area contributed by atoms with Gasteiger partial charge in [0.1, 0.15) is 11.3 Å². The summed E-state index contributed by atoms with van der Waals surface area (Å²) in [4.78, 5) is 23.4. The molecule has 0 spiro atoms. The van der Waals surface area contributed by atoms with Crippen LogP contribution in [0.1, 0.15) is 27.7 Å². The molecule has 0 atom stereocenters. The van der Waals surface area contributed by atoms with Crippen LogP contribution in [0.5, 0.6) is 0 Å². The number of halogens is 1. The highest BCUT2D eigenvalue weighted by molar-refractivity contribution is 9.11. The third-order valence-corrected chi connectivity index (χ3v) is 1.50. The van der Waals surface area contributed by atoms with Gasteiger partial charge in [-0.25, -0.2) is 4.79 Å². The average molecular weight is 264 g/mol. The fraction of sp³-hybridized carbons (Fsp3) is 0.556. The van der Waals surface area contributed by atoms with Crippen LogP contribution in [0.25, 0.3) is 0 Å². The molecule has 0 aliphatic rings. The van der Waals surface area contributed by atoms with Crippen molar-refractivity contribution in [3.63, 3.8) is 0 Å². The Morgan fingerprint density at radius 3 is 2.14 bits per heavy atom. The molecule has 0 aromatic heterocycles. The number of rotatable bonds is 2. The quantitative estimate of drug-likeness (QED) is 0.610. The van der Waals surface area contributed by atoms with Crippen LogP contribution >= 0.6 is 15.9 Å². The Hall–Kier alpha value is -0.840. The zero-order valence-corrected chi connectivity index (χ0v) is 10.3. The molecule has 0 rings (SSSR count). The van der Waals surface area contributed by atoms with Crippen molar-refractivity contribution in [3.8, 4) is 0 Å². The molecule has 1 amide bonds. The topological polar surface area (TPSA) is 55.4 Å². The van der Waals surface area contributed by atoms with E-state index in [0.29, 0.717) is 0 Å².